The first-order valence-electron chi connectivity index (χ1n) is 13.9. The van der Waals surface area contributed by atoms with Gasteiger partial charge in [-0.1, -0.05) is 30.4 Å². The lowest BCUT2D eigenvalue weighted by atomic mass is 9.74. The first-order chi connectivity index (χ1) is 18.9. The minimum atomic E-state index is 0.144. The molecule has 3 unspecified atom stereocenters. The molecule has 4 heteroatoms. The van der Waals surface area contributed by atoms with Crippen molar-refractivity contribution in [2.24, 2.45) is 0 Å². The van der Waals surface area contributed by atoms with E-state index in [0.29, 0.717) is 5.71 Å². The normalized spacial score (nSPS) is 20.9. The third-order valence-corrected chi connectivity index (χ3v) is 9.03. The van der Waals surface area contributed by atoms with Crippen molar-refractivity contribution in [3.05, 3.63) is 113 Å². The number of fused-ring (bicyclic) bond motifs is 8. The number of nitrogens with zero attached hydrogens (tertiary/aromatic N) is 3. The second-order valence-electron chi connectivity index (χ2n) is 11.2. The van der Waals surface area contributed by atoms with Crippen LogP contribution >= 0.6 is 0 Å². The largest absolute Gasteiger partial charge is 0.437 e. The van der Waals surface area contributed by atoms with Crippen molar-refractivity contribution < 1.29 is 8.98 Å². The fraction of sp³-hybridized carbons (Fsp3) is 0.257. The van der Waals surface area contributed by atoms with Gasteiger partial charge in [-0.25, -0.2) is 4.98 Å². The van der Waals surface area contributed by atoms with Gasteiger partial charge in [-0.05, 0) is 74.2 Å². The molecule has 2 aliphatic rings. The number of aromatic nitrogens is 2. The summed E-state index contributed by atoms with van der Waals surface area (Å²) in [6.45, 7) is 12.8. The summed E-state index contributed by atoms with van der Waals surface area (Å²) in [5.74, 6) is 0.223. The highest BCUT2D eigenvalue weighted by Crippen LogP contribution is 2.56. The second-order valence-corrected chi connectivity index (χ2v) is 11.2. The average Bonchev–Trinajstić information content (AvgIpc) is 3.43. The number of hydrogen-bond acceptors (Lipinski definition) is 3. The maximum absolute atomic E-state index is 6.53. The Morgan fingerprint density at radius 3 is 2.59 bits per heavy atom. The summed E-state index contributed by atoms with van der Waals surface area (Å²) in [4.78, 5) is 7.19. The topological polar surface area (TPSA) is 33.2 Å². The van der Waals surface area contributed by atoms with E-state index in [-0.39, 0.29) is 18.0 Å². The Kier molecular flexibility index (Phi) is 5.31. The van der Waals surface area contributed by atoms with E-state index in [1.165, 1.54) is 44.8 Å². The molecule has 0 spiro atoms. The summed E-state index contributed by atoms with van der Waals surface area (Å²) in [5.41, 5.74) is 13.0. The first-order valence-corrected chi connectivity index (χ1v) is 13.9. The van der Waals surface area contributed by atoms with Crippen LogP contribution in [0.3, 0.4) is 0 Å². The molecular formula is C35H34N3O+. The number of aryl methyl sites for hydroxylation is 3. The van der Waals surface area contributed by atoms with E-state index in [2.05, 4.69) is 117 Å². The Morgan fingerprint density at radius 1 is 1.00 bits per heavy atom. The van der Waals surface area contributed by atoms with Crippen LogP contribution in [0.25, 0.3) is 39.0 Å². The highest BCUT2D eigenvalue weighted by atomic mass is 16.3. The second kappa shape index (κ2) is 8.67. The quantitative estimate of drug-likeness (QED) is 0.181. The van der Waals surface area contributed by atoms with Gasteiger partial charge in [0.1, 0.15) is 5.58 Å². The summed E-state index contributed by atoms with van der Waals surface area (Å²) >= 11 is 0. The fourth-order valence-electron chi connectivity index (χ4n) is 7.16. The maximum Gasteiger partial charge on any atom is 0.227 e. The lowest BCUT2D eigenvalue weighted by Crippen LogP contribution is -2.49. The molecule has 5 aromatic rings. The molecule has 5 heterocycles. The summed E-state index contributed by atoms with van der Waals surface area (Å²) in [7, 11) is 2.24. The van der Waals surface area contributed by atoms with Crippen molar-refractivity contribution >= 4 is 27.8 Å². The van der Waals surface area contributed by atoms with Crippen LogP contribution in [0, 0.1) is 20.8 Å². The van der Waals surface area contributed by atoms with Gasteiger partial charge in [-0.15, -0.1) is 6.58 Å². The van der Waals surface area contributed by atoms with Gasteiger partial charge in [-0.3, -0.25) is 0 Å². The smallest absolute Gasteiger partial charge is 0.227 e. The van der Waals surface area contributed by atoms with E-state index < -0.39 is 0 Å². The molecular weight excluding hydrogens is 478 g/mol. The Labute approximate surface area is 229 Å². The summed E-state index contributed by atoms with van der Waals surface area (Å²) in [6.07, 6.45) is 7.45. The molecule has 194 valence electrons. The third-order valence-electron chi connectivity index (χ3n) is 9.03. The van der Waals surface area contributed by atoms with Gasteiger partial charge in [0.15, 0.2) is 12.2 Å². The van der Waals surface area contributed by atoms with Crippen LogP contribution in [0.5, 0.6) is 0 Å². The predicted molar refractivity (Wildman–Crippen MR) is 159 cm³/mol. The van der Waals surface area contributed by atoms with Crippen molar-refractivity contribution in [1.29, 1.82) is 0 Å². The molecule has 3 atom stereocenters. The number of benzene rings is 2. The predicted octanol–water partition coefficient (Wildman–Crippen LogP) is 8.12. The Morgan fingerprint density at radius 2 is 1.79 bits per heavy atom. The molecule has 0 bridgehead atoms. The Balaban J connectivity index is 1.52. The molecule has 0 radical (unpaired) electrons. The van der Waals surface area contributed by atoms with E-state index in [0.717, 1.165) is 28.5 Å². The number of pyridine rings is 2. The zero-order chi connectivity index (χ0) is 27.0. The molecule has 39 heavy (non-hydrogen) atoms. The van der Waals surface area contributed by atoms with Crippen molar-refractivity contribution in [2.45, 2.75) is 52.1 Å². The third kappa shape index (κ3) is 3.30. The van der Waals surface area contributed by atoms with E-state index in [9.17, 15) is 0 Å². The molecule has 0 aliphatic carbocycles. The van der Waals surface area contributed by atoms with Gasteiger partial charge < -0.3 is 9.32 Å². The summed E-state index contributed by atoms with van der Waals surface area (Å²) in [6, 6.07) is 20.5. The van der Waals surface area contributed by atoms with Crippen molar-refractivity contribution in [2.75, 3.05) is 7.05 Å². The molecule has 0 amide bonds. The van der Waals surface area contributed by atoms with E-state index in [1.807, 2.05) is 6.92 Å². The SMILES string of the molecule is C=CCC1C(C2c3ccc4c(oc5nc(C)ccc54)c3/C(=C/C)N2C)c2cc(C)c(C)cc2-c2cccc[n+]21. The summed E-state index contributed by atoms with van der Waals surface area (Å²) < 4.78 is 9.01. The molecule has 0 saturated heterocycles. The molecule has 0 N–H and O–H groups in total. The van der Waals surface area contributed by atoms with Crippen LogP contribution in [-0.4, -0.2) is 16.9 Å². The Hall–Kier alpha value is -4.18. The monoisotopic (exact) mass is 512 g/mol. The highest BCUT2D eigenvalue weighted by molar-refractivity contribution is 6.08. The van der Waals surface area contributed by atoms with E-state index in [1.54, 1.807) is 0 Å². The zero-order valence-corrected chi connectivity index (χ0v) is 23.3. The van der Waals surface area contributed by atoms with Crippen molar-refractivity contribution in [3.63, 3.8) is 0 Å². The van der Waals surface area contributed by atoms with Crippen LogP contribution < -0.4 is 4.57 Å². The van der Waals surface area contributed by atoms with E-state index in [4.69, 9.17) is 9.40 Å². The average molecular weight is 513 g/mol. The number of rotatable bonds is 3. The lowest BCUT2D eigenvalue weighted by molar-refractivity contribution is -0.718. The number of allylic oxidation sites excluding steroid dienone is 2. The molecule has 0 saturated carbocycles. The van der Waals surface area contributed by atoms with Crippen molar-refractivity contribution in [3.8, 4) is 11.3 Å². The van der Waals surface area contributed by atoms with Gasteiger partial charge in [0.2, 0.25) is 11.4 Å². The van der Waals surface area contributed by atoms with Crippen LogP contribution in [0.1, 0.15) is 64.9 Å². The standard InChI is InChI=1S/C35H34N3O/c1-7-11-30-31(27-19-21(4)20(3)18-26(27)29-12-9-10-17-38(29)30)33-25-16-15-23-24-14-13-22(5)36-35(24)39-34(23)32(25)28(8-2)37(33)6/h7-10,12-19,30-31,33H,1,11H2,2-6H3/q+1/b28-8-. The van der Waals surface area contributed by atoms with Crippen LogP contribution in [-0.2, 0) is 0 Å². The molecule has 3 aromatic heterocycles. The lowest BCUT2D eigenvalue weighted by Gasteiger charge is -2.38. The van der Waals surface area contributed by atoms with Gasteiger partial charge in [0.25, 0.3) is 0 Å². The fourth-order valence-corrected chi connectivity index (χ4v) is 7.16. The zero-order valence-electron chi connectivity index (χ0n) is 23.3. The van der Waals surface area contributed by atoms with E-state index >= 15 is 0 Å². The van der Waals surface area contributed by atoms with Crippen LogP contribution in [0.2, 0.25) is 0 Å². The minimum absolute atomic E-state index is 0.144. The number of hydrogen-bond donors (Lipinski definition) is 0. The van der Waals surface area contributed by atoms with Gasteiger partial charge in [0.05, 0.1) is 17.5 Å². The summed E-state index contributed by atoms with van der Waals surface area (Å²) in [5, 5.41) is 2.20. The molecule has 4 nitrogen and oxygen atoms in total. The number of furan rings is 1. The first kappa shape index (κ1) is 23.9. The molecule has 0 fully saturated rings. The van der Waals surface area contributed by atoms with Crippen LogP contribution in [0.4, 0.5) is 0 Å². The highest BCUT2D eigenvalue weighted by Gasteiger charge is 2.49. The Bertz CT molecular complexity index is 1840. The van der Waals surface area contributed by atoms with Gasteiger partial charge >= 0.3 is 0 Å². The van der Waals surface area contributed by atoms with Gasteiger partial charge in [0, 0.05) is 53.3 Å². The van der Waals surface area contributed by atoms with Gasteiger partial charge in [-0.2, -0.15) is 4.57 Å². The molecule has 2 aromatic carbocycles. The minimum Gasteiger partial charge on any atom is -0.437 e. The molecule has 7 rings (SSSR count). The maximum atomic E-state index is 6.53. The van der Waals surface area contributed by atoms with Crippen molar-refractivity contribution in [1.82, 2.24) is 9.88 Å². The number of likely N-dealkylation sites (N-methyl/N-ethyl adjacent to an activating group) is 1. The van der Waals surface area contributed by atoms with Crippen LogP contribution in [0.15, 0.2) is 83.9 Å². The molecule has 2 aliphatic heterocycles.